The third-order valence-corrected chi connectivity index (χ3v) is 4.44. The summed E-state index contributed by atoms with van der Waals surface area (Å²) < 4.78 is 0. The van der Waals surface area contributed by atoms with Crippen molar-refractivity contribution >= 4 is 0 Å². The van der Waals surface area contributed by atoms with Crippen LogP contribution < -0.4 is 5.32 Å². The third-order valence-electron chi connectivity index (χ3n) is 4.44. The van der Waals surface area contributed by atoms with E-state index in [-0.39, 0.29) is 0 Å². The lowest BCUT2D eigenvalue weighted by Crippen LogP contribution is -2.38. The normalized spacial score (nSPS) is 20.1. The summed E-state index contributed by atoms with van der Waals surface area (Å²) in [5.41, 5.74) is 0. The van der Waals surface area contributed by atoms with E-state index in [0.29, 0.717) is 0 Å². The maximum absolute atomic E-state index is 3.53. The average molecular weight is 268 g/mol. The zero-order valence-electron chi connectivity index (χ0n) is 13.4. The molecule has 0 aromatic rings. The lowest BCUT2D eigenvalue weighted by atomic mass is 9.99. The molecular formula is C17H36N2. The molecule has 114 valence electrons. The summed E-state index contributed by atoms with van der Waals surface area (Å²) in [6.07, 6.45) is 12.8. The van der Waals surface area contributed by atoms with Crippen molar-refractivity contribution < 1.29 is 0 Å². The zero-order chi connectivity index (χ0) is 13.8. The molecule has 0 amide bonds. The number of nitrogens with zero attached hydrogens (tertiary/aromatic N) is 1. The van der Waals surface area contributed by atoms with Crippen molar-refractivity contribution in [1.29, 1.82) is 0 Å². The molecule has 1 unspecified atom stereocenters. The van der Waals surface area contributed by atoms with Crippen LogP contribution in [0.3, 0.4) is 0 Å². The van der Waals surface area contributed by atoms with Gasteiger partial charge >= 0.3 is 0 Å². The Morgan fingerprint density at radius 3 is 2.37 bits per heavy atom. The van der Waals surface area contributed by atoms with Gasteiger partial charge in [0.05, 0.1) is 0 Å². The van der Waals surface area contributed by atoms with Gasteiger partial charge in [-0.15, -0.1) is 0 Å². The second-order valence-corrected chi connectivity index (χ2v) is 6.23. The van der Waals surface area contributed by atoms with Crippen molar-refractivity contribution in [3.05, 3.63) is 0 Å². The quantitative estimate of drug-likeness (QED) is 0.569. The van der Waals surface area contributed by atoms with E-state index in [4.69, 9.17) is 0 Å². The molecule has 0 spiro atoms. The van der Waals surface area contributed by atoms with Crippen LogP contribution >= 0.6 is 0 Å². The molecule has 1 N–H and O–H groups in total. The molecule has 2 nitrogen and oxygen atoms in total. The van der Waals surface area contributed by atoms with Gasteiger partial charge in [0.15, 0.2) is 0 Å². The van der Waals surface area contributed by atoms with Gasteiger partial charge in [-0.1, -0.05) is 52.4 Å². The molecule has 1 aliphatic heterocycles. The fourth-order valence-corrected chi connectivity index (χ4v) is 3.12. The van der Waals surface area contributed by atoms with Crippen LogP contribution in [0.2, 0.25) is 0 Å². The molecule has 0 aliphatic carbocycles. The molecule has 0 bridgehead atoms. The zero-order valence-corrected chi connectivity index (χ0v) is 13.4. The highest BCUT2D eigenvalue weighted by Gasteiger charge is 2.15. The smallest absolute Gasteiger partial charge is 0.00217 e. The van der Waals surface area contributed by atoms with E-state index < -0.39 is 0 Å². The van der Waals surface area contributed by atoms with Crippen LogP contribution in [0.4, 0.5) is 0 Å². The topological polar surface area (TPSA) is 15.3 Å². The van der Waals surface area contributed by atoms with Gasteiger partial charge in [0, 0.05) is 6.54 Å². The molecule has 1 heterocycles. The predicted octanol–water partition coefficient (Wildman–Crippen LogP) is 4.06. The Morgan fingerprint density at radius 2 is 1.74 bits per heavy atom. The largest absolute Gasteiger partial charge is 0.316 e. The second kappa shape index (κ2) is 11.7. The van der Waals surface area contributed by atoms with Crippen molar-refractivity contribution in [3.63, 3.8) is 0 Å². The van der Waals surface area contributed by atoms with Crippen LogP contribution in [0.25, 0.3) is 0 Å². The Hall–Kier alpha value is -0.0800. The summed E-state index contributed by atoms with van der Waals surface area (Å²) in [5, 5.41) is 3.53. The maximum atomic E-state index is 3.53. The highest BCUT2D eigenvalue weighted by Crippen LogP contribution is 2.13. The SMILES string of the molecule is CCCCCCCCCN(CC)CC1CCCNC1. The van der Waals surface area contributed by atoms with Gasteiger partial charge in [-0.05, 0) is 51.4 Å². The lowest BCUT2D eigenvalue weighted by molar-refractivity contribution is 0.212. The van der Waals surface area contributed by atoms with E-state index in [0.717, 1.165) is 5.92 Å². The van der Waals surface area contributed by atoms with Gasteiger partial charge in [0.25, 0.3) is 0 Å². The molecule has 1 saturated heterocycles. The molecule has 0 saturated carbocycles. The van der Waals surface area contributed by atoms with Crippen LogP contribution in [-0.2, 0) is 0 Å². The van der Waals surface area contributed by atoms with Crippen molar-refractivity contribution in [2.45, 2.75) is 71.6 Å². The molecule has 1 atom stereocenters. The summed E-state index contributed by atoms with van der Waals surface area (Å²) in [5.74, 6) is 0.901. The van der Waals surface area contributed by atoms with E-state index >= 15 is 0 Å². The van der Waals surface area contributed by atoms with E-state index in [1.54, 1.807) is 0 Å². The highest BCUT2D eigenvalue weighted by atomic mass is 15.1. The molecule has 2 heteroatoms. The summed E-state index contributed by atoms with van der Waals surface area (Å²) in [4.78, 5) is 2.67. The fourth-order valence-electron chi connectivity index (χ4n) is 3.12. The Kier molecular flexibility index (Phi) is 10.5. The molecular weight excluding hydrogens is 232 g/mol. The van der Waals surface area contributed by atoms with Crippen molar-refractivity contribution in [1.82, 2.24) is 10.2 Å². The first kappa shape index (κ1) is 17.0. The summed E-state index contributed by atoms with van der Waals surface area (Å²) in [7, 11) is 0. The molecule has 1 fully saturated rings. The maximum Gasteiger partial charge on any atom is 0.00217 e. The average Bonchev–Trinajstić information content (AvgIpc) is 2.46. The summed E-state index contributed by atoms with van der Waals surface area (Å²) in [6, 6.07) is 0. The van der Waals surface area contributed by atoms with E-state index in [1.807, 2.05) is 0 Å². The molecule has 0 aromatic heterocycles. The van der Waals surface area contributed by atoms with Gasteiger partial charge in [-0.3, -0.25) is 0 Å². The summed E-state index contributed by atoms with van der Waals surface area (Å²) >= 11 is 0. The molecule has 1 aliphatic rings. The number of nitrogens with one attached hydrogen (secondary N) is 1. The Labute approximate surface area is 121 Å². The van der Waals surface area contributed by atoms with Gasteiger partial charge in [-0.25, -0.2) is 0 Å². The molecule has 0 radical (unpaired) electrons. The first-order valence-corrected chi connectivity index (χ1v) is 8.79. The van der Waals surface area contributed by atoms with Crippen LogP contribution in [0.5, 0.6) is 0 Å². The van der Waals surface area contributed by atoms with Crippen LogP contribution in [0.15, 0.2) is 0 Å². The third kappa shape index (κ3) is 8.65. The first-order valence-electron chi connectivity index (χ1n) is 8.79. The molecule has 1 rings (SSSR count). The number of hydrogen-bond donors (Lipinski definition) is 1. The Morgan fingerprint density at radius 1 is 1.00 bits per heavy atom. The highest BCUT2D eigenvalue weighted by molar-refractivity contribution is 4.72. The Balaban J connectivity index is 1.98. The standard InChI is InChI=1S/C17H36N2/c1-3-5-6-7-8-9-10-14-19(4-2)16-17-12-11-13-18-15-17/h17-18H,3-16H2,1-2H3. The van der Waals surface area contributed by atoms with E-state index in [2.05, 4.69) is 24.1 Å². The van der Waals surface area contributed by atoms with E-state index in [1.165, 1.54) is 90.5 Å². The lowest BCUT2D eigenvalue weighted by Gasteiger charge is -2.29. The predicted molar refractivity (Wildman–Crippen MR) is 85.7 cm³/mol. The minimum Gasteiger partial charge on any atom is -0.316 e. The Bertz CT molecular complexity index is 188. The monoisotopic (exact) mass is 268 g/mol. The fraction of sp³-hybridized carbons (Fsp3) is 1.00. The number of unbranched alkanes of at least 4 members (excludes halogenated alkanes) is 6. The van der Waals surface area contributed by atoms with Crippen molar-refractivity contribution in [2.75, 3.05) is 32.7 Å². The van der Waals surface area contributed by atoms with Gasteiger partial charge in [-0.2, -0.15) is 0 Å². The van der Waals surface area contributed by atoms with Crippen LogP contribution in [0, 0.1) is 5.92 Å². The number of rotatable bonds is 11. The number of hydrogen-bond acceptors (Lipinski definition) is 2. The first-order chi connectivity index (χ1) is 9.36. The van der Waals surface area contributed by atoms with Gasteiger partial charge < -0.3 is 10.2 Å². The molecule has 0 aromatic carbocycles. The summed E-state index contributed by atoms with van der Waals surface area (Å²) in [6.45, 7) is 11.0. The minimum atomic E-state index is 0.901. The van der Waals surface area contributed by atoms with Gasteiger partial charge in [0.1, 0.15) is 0 Å². The van der Waals surface area contributed by atoms with Crippen molar-refractivity contribution in [3.8, 4) is 0 Å². The second-order valence-electron chi connectivity index (χ2n) is 6.23. The van der Waals surface area contributed by atoms with Crippen molar-refractivity contribution in [2.24, 2.45) is 5.92 Å². The van der Waals surface area contributed by atoms with Gasteiger partial charge in [0.2, 0.25) is 0 Å². The molecule has 19 heavy (non-hydrogen) atoms. The van der Waals surface area contributed by atoms with E-state index in [9.17, 15) is 0 Å². The minimum absolute atomic E-state index is 0.901. The van der Waals surface area contributed by atoms with Crippen LogP contribution in [0.1, 0.15) is 71.6 Å². The van der Waals surface area contributed by atoms with Crippen LogP contribution in [-0.4, -0.2) is 37.6 Å². The number of piperidine rings is 1.